The number of halogens is 2. The summed E-state index contributed by atoms with van der Waals surface area (Å²) in [5, 5.41) is 6.85. The van der Waals surface area contributed by atoms with Crippen molar-refractivity contribution in [3.8, 4) is 0 Å². The van der Waals surface area contributed by atoms with E-state index in [9.17, 15) is 4.39 Å². The minimum atomic E-state index is -0.273. The van der Waals surface area contributed by atoms with Crippen LogP contribution in [0.15, 0.2) is 47.8 Å². The Bertz CT molecular complexity index is 801. The first-order valence-corrected chi connectivity index (χ1v) is 10.4. The molecule has 3 heterocycles. The van der Waals surface area contributed by atoms with Crippen LogP contribution in [-0.2, 0) is 0 Å². The summed E-state index contributed by atoms with van der Waals surface area (Å²) in [4.78, 5) is 15.3. The molecule has 1 fully saturated rings. The van der Waals surface area contributed by atoms with Crippen LogP contribution in [-0.4, -0.2) is 48.1 Å². The van der Waals surface area contributed by atoms with Crippen molar-refractivity contribution in [2.24, 2.45) is 10.9 Å². The first kappa shape index (κ1) is 24.3. The summed E-state index contributed by atoms with van der Waals surface area (Å²) in [7, 11) is 0. The molecule has 1 saturated heterocycles. The summed E-state index contributed by atoms with van der Waals surface area (Å²) < 4.78 is 14.0. The first-order chi connectivity index (χ1) is 14.1. The molecule has 0 spiro atoms. The molecule has 2 atom stereocenters. The van der Waals surface area contributed by atoms with Crippen LogP contribution in [0.3, 0.4) is 0 Å². The molecule has 0 radical (unpaired) electrons. The zero-order valence-corrected chi connectivity index (χ0v) is 20.2. The van der Waals surface area contributed by atoms with E-state index in [0.29, 0.717) is 30.7 Å². The third-order valence-electron chi connectivity index (χ3n) is 5.28. The lowest BCUT2D eigenvalue weighted by atomic mass is 9.89. The lowest BCUT2D eigenvalue weighted by molar-refractivity contribution is 0.503. The summed E-state index contributed by atoms with van der Waals surface area (Å²) in [5.41, 5.74) is 1.21. The average Bonchev–Trinajstić information content (AvgIpc) is 3.17. The number of nitrogens with zero attached hydrogens (tertiary/aromatic N) is 4. The normalized spacial score (nSPS) is 17.6. The maximum absolute atomic E-state index is 14.0. The van der Waals surface area contributed by atoms with E-state index in [4.69, 9.17) is 4.99 Å². The number of hydrogen-bond acceptors (Lipinski definition) is 4. The molecule has 2 unspecified atom stereocenters. The topological polar surface area (TPSA) is 65.4 Å². The van der Waals surface area contributed by atoms with Gasteiger partial charge in [0.25, 0.3) is 0 Å². The molecule has 1 aliphatic rings. The fourth-order valence-electron chi connectivity index (χ4n) is 3.68. The molecule has 0 saturated carbocycles. The molecule has 30 heavy (non-hydrogen) atoms. The number of guanidine groups is 1. The van der Waals surface area contributed by atoms with Crippen molar-refractivity contribution in [3.05, 3.63) is 54.2 Å². The summed E-state index contributed by atoms with van der Waals surface area (Å²) in [5.74, 6) is 1.72. The largest absolute Gasteiger partial charge is 0.357 e. The Hall–Kier alpha value is -1.97. The van der Waals surface area contributed by atoms with Gasteiger partial charge in [0.2, 0.25) is 0 Å². The van der Waals surface area contributed by atoms with Gasteiger partial charge < -0.3 is 15.5 Å². The average molecular weight is 526 g/mol. The molecule has 0 bridgehead atoms. The van der Waals surface area contributed by atoms with Crippen molar-refractivity contribution >= 4 is 35.8 Å². The van der Waals surface area contributed by atoms with E-state index in [2.05, 4.69) is 47.4 Å². The number of nitrogens with one attached hydrogen (secondary N) is 2. The fourth-order valence-corrected chi connectivity index (χ4v) is 3.68. The van der Waals surface area contributed by atoms with E-state index in [0.717, 1.165) is 25.5 Å². The van der Waals surface area contributed by atoms with E-state index in [1.807, 2.05) is 17.2 Å². The molecule has 8 heteroatoms. The summed E-state index contributed by atoms with van der Waals surface area (Å²) in [6.07, 6.45) is 6.27. The van der Waals surface area contributed by atoms with Gasteiger partial charge in [0.15, 0.2) is 17.6 Å². The number of rotatable bonds is 7. The molecule has 2 aromatic heterocycles. The van der Waals surface area contributed by atoms with Crippen LogP contribution in [0.2, 0.25) is 0 Å². The molecule has 164 valence electrons. The first-order valence-electron chi connectivity index (χ1n) is 10.4. The number of aromatic nitrogens is 2. The highest BCUT2D eigenvalue weighted by atomic mass is 127. The third-order valence-corrected chi connectivity index (χ3v) is 5.28. The molecule has 0 aromatic carbocycles. The van der Waals surface area contributed by atoms with E-state index in [1.165, 1.54) is 11.6 Å². The van der Waals surface area contributed by atoms with Crippen molar-refractivity contribution in [1.82, 2.24) is 20.6 Å². The third kappa shape index (κ3) is 6.52. The fraction of sp³-hybridized carbons (Fsp3) is 0.500. The molecule has 3 rings (SSSR count). The molecule has 2 N–H and O–H groups in total. The molecule has 0 amide bonds. The summed E-state index contributed by atoms with van der Waals surface area (Å²) in [6, 6.07) is 7.36. The zero-order chi connectivity index (χ0) is 20.6. The number of aliphatic imine (C=N–C) groups is 1. The second kappa shape index (κ2) is 12.0. The highest BCUT2D eigenvalue weighted by molar-refractivity contribution is 14.0. The van der Waals surface area contributed by atoms with Gasteiger partial charge in [-0.15, -0.1) is 24.0 Å². The molecular formula is C22H32FIN6. The minimum Gasteiger partial charge on any atom is -0.357 e. The van der Waals surface area contributed by atoms with Crippen LogP contribution in [0.4, 0.5) is 10.2 Å². The van der Waals surface area contributed by atoms with Crippen molar-refractivity contribution in [3.63, 3.8) is 0 Å². The van der Waals surface area contributed by atoms with Crippen LogP contribution in [0.1, 0.15) is 38.7 Å². The predicted octanol–water partition coefficient (Wildman–Crippen LogP) is 3.81. The Morgan fingerprint density at radius 3 is 2.77 bits per heavy atom. The Kier molecular flexibility index (Phi) is 9.74. The van der Waals surface area contributed by atoms with Crippen molar-refractivity contribution < 1.29 is 4.39 Å². The maximum atomic E-state index is 14.0. The van der Waals surface area contributed by atoms with Gasteiger partial charge in [0.1, 0.15) is 0 Å². The van der Waals surface area contributed by atoms with Gasteiger partial charge in [-0.05, 0) is 43.0 Å². The van der Waals surface area contributed by atoms with Crippen LogP contribution < -0.4 is 15.5 Å². The minimum absolute atomic E-state index is 0. The van der Waals surface area contributed by atoms with Crippen molar-refractivity contribution in [1.29, 1.82) is 0 Å². The van der Waals surface area contributed by atoms with Crippen molar-refractivity contribution in [2.75, 3.05) is 31.1 Å². The molecular weight excluding hydrogens is 494 g/mol. The van der Waals surface area contributed by atoms with Gasteiger partial charge in [0, 0.05) is 56.7 Å². The van der Waals surface area contributed by atoms with E-state index in [-0.39, 0.29) is 35.8 Å². The maximum Gasteiger partial charge on any atom is 0.191 e. The summed E-state index contributed by atoms with van der Waals surface area (Å²) in [6.45, 7) is 9.43. The number of hydrogen-bond donors (Lipinski definition) is 2. The SMILES string of the molecule is CCNC(=NCC(c1cccnc1)C(C)C)NC1CCN(c2ncccc2F)C1.I. The van der Waals surface area contributed by atoms with Gasteiger partial charge in [-0.25, -0.2) is 9.37 Å². The van der Waals surface area contributed by atoms with Gasteiger partial charge in [-0.2, -0.15) is 0 Å². The zero-order valence-electron chi connectivity index (χ0n) is 17.9. The second-order valence-corrected chi connectivity index (χ2v) is 7.74. The number of pyridine rings is 2. The van der Waals surface area contributed by atoms with Crippen LogP contribution in [0, 0.1) is 11.7 Å². The monoisotopic (exact) mass is 526 g/mol. The van der Waals surface area contributed by atoms with Gasteiger partial charge in [0.05, 0.1) is 0 Å². The standard InChI is InChI=1S/C22H31FN6.HI/c1-4-25-22(27-14-19(16(2)3)17-7-5-10-24-13-17)28-18-9-12-29(15-18)21-20(23)8-6-11-26-21;/h5-8,10-11,13,16,18-19H,4,9,12,14-15H2,1-3H3,(H2,25,27,28);1H. The van der Waals surface area contributed by atoms with Gasteiger partial charge in [-0.1, -0.05) is 19.9 Å². The quantitative estimate of drug-likeness (QED) is 0.327. The molecule has 1 aliphatic heterocycles. The van der Waals surface area contributed by atoms with E-state index >= 15 is 0 Å². The lowest BCUT2D eigenvalue weighted by Crippen LogP contribution is -2.45. The highest BCUT2D eigenvalue weighted by Gasteiger charge is 2.26. The Morgan fingerprint density at radius 2 is 2.10 bits per heavy atom. The Labute approximate surface area is 195 Å². The molecule has 2 aromatic rings. The predicted molar refractivity (Wildman–Crippen MR) is 131 cm³/mol. The van der Waals surface area contributed by atoms with E-state index < -0.39 is 0 Å². The van der Waals surface area contributed by atoms with Crippen LogP contribution >= 0.6 is 24.0 Å². The number of anilines is 1. The molecule has 6 nitrogen and oxygen atoms in total. The van der Waals surface area contributed by atoms with Crippen LogP contribution in [0.25, 0.3) is 0 Å². The summed E-state index contributed by atoms with van der Waals surface area (Å²) >= 11 is 0. The highest BCUT2D eigenvalue weighted by Crippen LogP contribution is 2.24. The Balaban J connectivity index is 0.00000320. The molecule has 0 aliphatic carbocycles. The van der Waals surface area contributed by atoms with Gasteiger partial charge >= 0.3 is 0 Å². The lowest BCUT2D eigenvalue weighted by Gasteiger charge is -2.22. The smallest absolute Gasteiger partial charge is 0.191 e. The van der Waals surface area contributed by atoms with E-state index in [1.54, 1.807) is 18.5 Å². The van der Waals surface area contributed by atoms with Crippen molar-refractivity contribution in [2.45, 2.75) is 39.2 Å². The second-order valence-electron chi connectivity index (χ2n) is 7.74. The Morgan fingerprint density at radius 1 is 1.30 bits per heavy atom. The van der Waals surface area contributed by atoms with Gasteiger partial charge in [-0.3, -0.25) is 9.98 Å². The van der Waals surface area contributed by atoms with Crippen LogP contribution in [0.5, 0.6) is 0 Å².